The molecule has 0 aromatic rings. The van der Waals surface area contributed by atoms with E-state index in [2.05, 4.69) is 170 Å². The summed E-state index contributed by atoms with van der Waals surface area (Å²) in [7, 11) is 19.7. The van der Waals surface area contributed by atoms with E-state index < -0.39 is 41.7 Å². The van der Waals surface area contributed by atoms with Gasteiger partial charge >= 0.3 is 75.7 Å². The van der Waals surface area contributed by atoms with E-state index in [9.17, 15) is 0 Å². The Morgan fingerprint density at radius 3 is 0.844 bits per heavy atom. The molecule has 0 amide bonds. The van der Waals surface area contributed by atoms with Crippen LogP contribution in [0.4, 0.5) is 0 Å². The van der Waals surface area contributed by atoms with E-state index >= 15 is 0 Å². The topological polar surface area (TPSA) is 0 Å². The van der Waals surface area contributed by atoms with Gasteiger partial charge in [0.25, 0.3) is 0 Å². The summed E-state index contributed by atoms with van der Waals surface area (Å²) in [6, 6.07) is 0. The van der Waals surface area contributed by atoms with E-state index in [4.69, 9.17) is 34.1 Å². The maximum atomic E-state index is 4.93. The summed E-state index contributed by atoms with van der Waals surface area (Å²) in [5.41, 5.74) is 10.1. The van der Waals surface area contributed by atoms with Crippen molar-refractivity contribution in [3.8, 4) is 0 Å². The summed E-state index contributed by atoms with van der Waals surface area (Å²) in [5, 5.41) is 0. The van der Waals surface area contributed by atoms with Gasteiger partial charge in [0.2, 0.25) is 0 Å². The summed E-state index contributed by atoms with van der Waals surface area (Å²) in [4.78, 5) is 0. The molecule has 12 unspecified atom stereocenters. The zero-order chi connectivity index (χ0) is 61.1. The van der Waals surface area contributed by atoms with Gasteiger partial charge in [-0.1, -0.05) is 170 Å². The second kappa shape index (κ2) is 27.4. The van der Waals surface area contributed by atoms with Crippen LogP contribution in [0.15, 0.2) is 95.2 Å². The van der Waals surface area contributed by atoms with Gasteiger partial charge in [0.15, 0.2) is 0 Å². The predicted octanol–water partition coefficient (Wildman–Crippen LogP) is 26.2. The summed E-state index contributed by atoms with van der Waals surface area (Å²) in [6.07, 6.45) is 61.5. The van der Waals surface area contributed by atoms with Crippen molar-refractivity contribution >= 4 is 34.1 Å². The quantitative estimate of drug-likeness (QED) is 0.233. The molecule has 90 heavy (non-hydrogen) atoms. The second-order valence-corrected chi connectivity index (χ2v) is 45.1. The van der Waals surface area contributed by atoms with Crippen LogP contribution in [0.2, 0.25) is 0 Å². The molecule has 0 aromatic carbocycles. The van der Waals surface area contributed by atoms with Crippen LogP contribution in [0.5, 0.6) is 0 Å². The van der Waals surface area contributed by atoms with E-state index in [1.807, 2.05) is 0 Å². The van der Waals surface area contributed by atoms with Crippen LogP contribution >= 0.6 is 34.1 Å². The molecular formula is C84H128Cl4Zr2. The van der Waals surface area contributed by atoms with Crippen LogP contribution < -0.4 is 0 Å². The van der Waals surface area contributed by atoms with Crippen molar-refractivity contribution in [1.29, 1.82) is 0 Å². The van der Waals surface area contributed by atoms with Crippen LogP contribution in [0.25, 0.3) is 0 Å². The van der Waals surface area contributed by atoms with Crippen molar-refractivity contribution in [3.63, 3.8) is 0 Å². The van der Waals surface area contributed by atoms with Gasteiger partial charge in [0, 0.05) is 0 Å². The molecule has 0 spiro atoms. The predicted molar refractivity (Wildman–Crippen MR) is 386 cm³/mol. The molecule has 0 N–H and O–H groups in total. The number of fused-ring (bicyclic) bond motifs is 8. The van der Waals surface area contributed by atoms with Crippen molar-refractivity contribution in [3.05, 3.63) is 125 Å². The molecule has 12 atom stereocenters. The van der Waals surface area contributed by atoms with Gasteiger partial charge in [0.1, 0.15) is 0 Å². The molecule has 8 bridgehead atoms. The number of hydrogen-bond donors (Lipinski definition) is 0. The number of hydrogen-bond acceptors (Lipinski definition) is 0. The molecule has 18 aliphatic carbocycles. The normalized spacial score (nSPS) is 45.8. The SMILES string of the molecule is CC(C)(C1CCC(C2(C)C3CC4CC(C3)CC2C4)C1)C1C2C=CC=CC2C2C=CC=CC21.CC1(C)CCC(C)(C)C2=CC3C(C=C21)C1C=C2C(=CC1C3C(C)(C)C1CCC(C3(C)C4CC5CC(C4)CC3C5)C1)C(C)(C)CCC2(C)C.[CH3-].[CH3-].[CH3-].[CH3-].[Cl][Zr+2][Cl].[Cl][Zr+2][Cl]. The Kier molecular flexibility index (Phi) is 22.9. The molecule has 0 nitrogen and oxygen atoms in total. The molecule has 0 aliphatic heterocycles. The zero-order valence-electron chi connectivity index (χ0n) is 60.3. The molecule has 14 saturated carbocycles. The van der Waals surface area contributed by atoms with Crippen LogP contribution in [0, 0.1) is 203 Å². The number of rotatable bonds is 6. The molecule has 500 valence electrons. The molecule has 6 heteroatoms. The molecule has 0 heterocycles. The third-order valence-corrected chi connectivity index (χ3v) is 31.8. The van der Waals surface area contributed by atoms with Gasteiger partial charge < -0.3 is 29.7 Å². The standard InChI is InChI=1S/C48H72.C32H44.4CH3.4ClH.2Zr/c1-43(2)14-16-45(5,6)40-26-36-34(24-38(40)43)35-25-39-41(46(7,8)17-15-44(39,3)4)27-37(35)42(36)47(9,10)30-12-13-31(23-30)48(11)32-19-28-18-29(21-32)22-33(48)20-28;1-31(2,30-28-10-6-4-8-26(28)27-9-5-7-11-29(27)30)22-12-13-23(19-22)32(3)24-15-20-14-21(17-24)18-25(32)16-20;;;;;;;;;;/h24-37,42H,12-23H2,1-11H3;4-11,20-30H,12-19H2,1-3H3;4*1H3;4*1H;;/q;;4*-1;;;;;2*+4/p-4. The second-order valence-electron chi connectivity index (χ2n) is 37.6. The average molecular weight is 1460 g/mol. The molecule has 18 rings (SSSR count). The van der Waals surface area contributed by atoms with E-state index in [0.29, 0.717) is 45.3 Å². The Bertz CT molecular complexity index is 2640. The van der Waals surface area contributed by atoms with Gasteiger partial charge in [-0.15, -0.1) is 0 Å². The summed E-state index contributed by atoms with van der Waals surface area (Å²) < 4.78 is 0. The first-order valence-corrected chi connectivity index (χ1v) is 48.8. The fraction of sp³-hybridized carbons (Fsp3) is 0.762. The molecule has 0 radical (unpaired) electrons. The first kappa shape index (κ1) is 75.1. The Hall–Kier alpha value is 0.846. The fourth-order valence-electron chi connectivity index (χ4n) is 27.1. The third kappa shape index (κ3) is 12.4. The Morgan fingerprint density at radius 1 is 0.322 bits per heavy atom. The van der Waals surface area contributed by atoms with E-state index in [-0.39, 0.29) is 51.4 Å². The molecule has 18 aliphatic rings. The van der Waals surface area contributed by atoms with E-state index in [0.717, 1.165) is 107 Å². The first-order valence-electron chi connectivity index (χ1n) is 36.1. The Morgan fingerprint density at radius 2 is 0.567 bits per heavy atom. The maximum absolute atomic E-state index is 4.93. The minimum absolute atomic E-state index is 0. The van der Waals surface area contributed by atoms with Gasteiger partial charge in [-0.2, -0.15) is 0 Å². The molecule has 0 aromatic heterocycles. The van der Waals surface area contributed by atoms with E-state index in [1.165, 1.54) is 64.2 Å². The summed E-state index contributed by atoms with van der Waals surface area (Å²) in [5.74, 6) is 19.3. The van der Waals surface area contributed by atoms with Crippen LogP contribution in [-0.4, -0.2) is 0 Å². The Balaban J connectivity index is 0.000000199. The van der Waals surface area contributed by atoms with Crippen LogP contribution in [-0.2, 0) is 41.7 Å². The molecule has 14 fully saturated rings. The number of halogens is 4. The molecular weight excluding hydrogens is 1330 g/mol. The van der Waals surface area contributed by atoms with Gasteiger partial charge in [0.05, 0.1) is 0 Å². The fourth-order valence-corrected chi connectivity index (χ4v) is 27.1. The van der Waals surface area contributed by atoms with Gasteiger partial charge in [-0.25, -0.2) is 0 Å². The average Bonchev–Trinajstić information content (AvgIpc) is 1.38. The van der Waals surface area contributed by atoms with Crippen molar-refractivity contribution in [1.82, 2.24) is 0 Å². The Labute approximate surface area is 593 Å². The van der Waals surface area contributed by atoms with Gasteiger partial charge in [-0.3, -0.25) is 0 Å². The first-order chi connectivity index (χ1) is 40.6. The van der Waals surface area contributed by atoms with Crippen LogP contribution in [0.1, 0.15) is 225 Å². The minimum atomic E-state index is -0.826. The van der Waals surface area contributed by atoms with Crippen molar-refractivity contribution in [2.75, 3.05) is 0 Å². The van der Waals surface area contributed by atoms with E-state index in [1.54, 1.807) is 86.5 Å². The number of allylic oxidation sites excluding steroid dienone is 16. The van der Waals surface area contributed by atoms with Gasteiger partial charge in [-0.05, 0) is 324 Å². The zero-order valence-corrected chi connectivity index (χ0v) is 68.2. The van der Waals surface area contributed by atoms with Crippen LogP contribution in [0.3, 0.4) is 0 Å². The van der Waals surface area contributed by atoms with Crippen molar-refractivity contribution < 1.29 is 41.7 Å². The van der Waals surface area contributed by atoms with Crippen molar-refractivity contribution in [2.24, 2.45) is 174 Å². The summed E-state index contributed by atoms with van der Waals surface area (Å²) >= 11 is -1.65. The monoisotopic (exact) mass is 1460 g/mol. The van der Waals surface area contributed by atoms with Crippen molar-refractivity contribution in [2.45, 2.75) is 225 Å². The summed E-state index contributed by atoms with van der Waals surface area (Å²) in [6.45, 7) is 37.1. The molecule has 0 saturated heterocycles. The third-order valence-electron chi connectivity index (χ3n) is 31.8.